The fourth-order valence-electron chi connectivity index (χ4n) is 2.84. The standard InChI is InChI=1S/C21H20F13NO3/c1-10(12(14(37)38-15(2,3)4)35-13(36)11-8-6-5-7-9-11)16(22,23)17(24,25)18(26,27)19(28,29)20(30,31)21(32,33)34/h5-10,12H,1-4H3,(H,35,36). The molecule has 38 heavy (non-hydrogen) atoms. The number of alkyl halides is 13. The van der Waals surface area contributed by atoms with Gasteiger partial charge in [0, 0.05) is 5.56 Å². The summed E-state index contributed by atoms with van der Waals surface area (Å²) in [7, 11) is 0. The summed E-state index contributed by atoms with van der Waals surface area (Å²) in [6.45, 7) is 3.22. The monoisotopic (exact) mass is 581 g/mol. The van der Waals surface area contributed by atoms with Crippen molar-refractivity contribution in [1.82, 2.24) is 5.32 Å². The predicted molar refractivity (Wildman–Crippen MR) is 103 cm³/mol. The summed E-state index contributed by atoms with van der Waals surface area (Å²) in [6.07, 6.45) is -7.56. The van der Waals surface area contributed by atoms with Crippen molar-refractivity contribution in [2.45, 2.75) is 75.1 Å². The van der Waals surface area contributed by atoms with Gasteiger partial charge in [0.1, 0.15) is 11.6 Å². The summed E-state index contributed by atoms with van der Waals surface area (Å²) >= 11 is 0. The molecule has 0 aliphatic carbocycles. The topological polar surface area (TPSA) is 55.4 Å². The molecule has 4 nitrogen and oxygen atoms in total. The summed E-state index contributed by atoms with van der Waals surface area (Å²) < 4.78 is 181. The van der Waals surface area contributed by atoms with Crippen molar-refractivity contribution in [2.24, 2.45) is 5.92 Å². The molecule has 17 heteroatoms. The van der Waals surface area contributed by atoms with Crippen molar-refractivity contribution in [1.29, 1.82) is 0 Å². The zero-order chi connectivity index (χ0) is 30.3. The molecule has 0 bridgehead atoms. The minimum Gasteiger partial charge on any atom is -0.458 e. The van der Waals surface area contributed by atoms with Gasteiger partial charge >= 0.3 is 41.8 Å². The lowest BCUT2D eigenvalue weighted by molar-refractivity contribution is -0.443. The third kappa shape index (κ3) is 5.80. The Kier molecular flexibility index (Phi) is 8.84. The molecule has 0 aliphatic heterocycles. The zero-order valence-electron chi connectivity index (χ0n) is 19.7. The summed E-state index contributed by atoms with van der Waals surface area (Å²) in [5.41, 5.74) is -1.99. The van der Waals surface area contributed by atoms with Gasteiger partial charge in [-0.3, -0.25) is 4.79 Å². The number of benzene rings is 1. The van der Waals surface area contributed by atoms with E-state index in [2.05, 4.69) is 4.74 Å². The van der Waals surface area contributed by atoms with Crippen LogP contribution in [0, 0.1) is 5.92 Å². The van der Waals surface area contributed by atoms with E-state index in [0.717, 1.165) is 32.9 Å². The van der Waals surface area contributed by atoms with Crippen LogP contribution < -0.4 is 5.32 Å². The van der Waals surface area contributed by atoms with Crippen LogP contribution in [0.5, 0.6) is 0 Å². The van der Waals surface area contributed by atoms with Crippen LogP contribution in [0.2, 0.25) is 0 Å². The van der Waals surface area contributed by atoms with Gasteiger partial charge < -0.3 is 10.1 Å². The number of carbonyl (C=O) groups is 2. The van der Waals surface area contributed by atoms with E-state index in [4.69, 9.17) is 0 Å². The third-order valence-electron chi connectivity index (χ3n) is 5.01. The van der Waals surface area contributed by atoms with Gasteiger partial charge in [-0.1, -0.05) is 25.1 Å². The fourth-order valence-corrected chi connectivity index (χ4v) is 2.84. The smallest absolute Gasteiger partial charge is 0.458 e. The number of hydrogen-bond donors (Lipinski definition) is 1. The number of nitrogens with one attached hydrogen (secondary N) is 1. The lowest BCUT2D eigenvalue weighted by atomic mass is 9.84. The number of halogens is 13. The molecule has 0 heterocycles. The van der Waals surface area contributed by atoms with Crippen molar-refractivity contribution in [3.05, 3.63) is 35.9 Å². The van der Waals surface area contributed by atoms with E-state index in [-0.39, 0.29) is 6.92 Å². The molecule has 0 saturated heterocycles. The van der Waals surface area contributed by atoms with Gasteiger partial charge in [-0.05, 0) is 32.9 Å². The lowest BCUT2D eigenvalue weighted by Gasteiger charge is -2.42. The van der Waals surface area contributed by atoms with Crippen LogP contribution in [-0.4, -0.2) is 59.3 Å². The van der Waals surface area contributed by atoms with Gasteiger partial charge in [0.25, 0.3) is 5.91 Å². The van der Waals surface area contributed by atoms with Crippen molar-refractivity contribution >= 4 is 11.9 Å². The SMILES string of the molecule is CC(C(NC(=O)c1ccccc1)C(=O)OC(C)(C)C)C(F)(F)C(F)(F)C(F)(F)C(F)(F)C(F)(F)C(F)(F)F. The van der Waals surface area contributed by atoms with E-state index in [0.29, 0.717) is 0 Å². The highest BCUT2D eigenvalue weighted by atomic mass is 19.4. The van der Waals surface area contributed by atoms with Crippen LogP contribution in [0.3, 0.4) is 0 Å². The third-order valence-corrected chi connectivity index (χ3v) is 5.01. The Balaban J connectivity index is 3.62. The van der Waals surface area contributed by atoms with E-state index in [1.54, 1.807) is 0 Å². The molecule has 0 fully saturated rings. The second-order valence-electron chi connectivity index (χ2n) is 9.06. The Morgan fingerprint density at radius 1 is 0.711 bits per heavy atom. The van der Waals surface area contributed by atoms with Crippen molar-refractivity contribution in [3.8, 4) is 0 Å². The van der Waals surface area contributed by atoms with Crippen LogP contribution in [0.25, 0.3) is 0 Å². The van der Waals surface area contributed by atoms with Crippen molar-refractivity contribution < 1.29 is 71.4 Å². The van der Waals surface area contributed by atoms with Gasteiger partial charge in [0.15, 0.2) is 0 Å². The molecule has 1 rings (SSSR count). The van der Waals surface area contributed by atoms with E-state index in [1.165, 1.54) is 23.5 Å². The molecule has 0 saturated carbocycles. The maximum atomic E-state index is 14.8. The highest BCUT2D eigenvalue weighted by Crippen LogP contribution is 2.61. The number of rotatable bonds is 9. The molecule has 0 aromatic heterocycles. The van der Waals surface area contributed by atoms with Crippen molar-refractivity contribution in [2.75, 3.05) is 0 Å². The maximum absolute atomic E-state index is 14.8. The number of ether oxygens (including phenoxy) is 1. The predicted octanol–water partition coefficient (Wildman–Crippen LogP) is 6.50. The molecule has 0 aliphatic rings. The van der Waals surface area contributed by atoms with Crippen LogP contribution >= 0.6 is 0 Å². The minimum atomic E-state index is -8.10. The number of amides is 1. The number of carbonyl (C=O) groups excluding carboxylic acids is 2. The molecule has 0 spiro atoms. The van der Waals surface area contributed by atoms with Crippen LogP contribution in [0.4, 0.5) is 57.1 Å². The van der Waals surface area contributed by atoms with E-state index < -0.39 is 70.8 Å². The Morgan fingerprint density at radius 2 is 1.13 bits per heavy atom. The van der Waals surface area contributed by atoms with Gasteiger partial charge in [-0.15, -0.1) is 0 Å². The first kappa shape index (κ1) is 33.3. The Morgan fingerprint density at radius 3 is 1.53 bits per heavy atom. The van der Waals surface area contributed by atoms with Crippen LogP contribution in [-0.2, 0) is 9.53 Å². The molecule has 2 atom stereocenters. The average Bonchev–Trinajstić information content (AvgIpc) is 2.74. The molecule has 1 aromatic rings. The first-order chi connectivity index (χ1) is 16.7. The normalized spacial score (nSPS) is 16.0. The average molecular weight is 581 g/mol. The van der Waals surface area contributed by atoms with E-state index >= 15 is 0 Å². The van der Waals surface area contributed by atoms with E-state index in [1.807, 2.05) is 0 Å². The maximum Gasteiger partial charge on any atom is 0.460 e. The van der Waals surface area contributed by atoms with E-state index in [9.17, 15) is 66.7 Å². The van der Waals surface area contributed by atoms with Gasteiger partial charge in [-0.2, -0.15) is 57.1 Å². The lowest BCUT2D eigenvalue weighted by Crippen LogP contribution is -2.72. The summed E-state index contributed by atoms with van der Waals surface area (Å²) in [5.74, 6) is -45.4. The molecule has 0 radical (unpaired) electrons. The van der Waals surface area contributed by atoms with Crippen molar-refractivity contribution in [3.63, 3.8) is 0 Å². The second kappa shape index (κ2) is 10.1. The molecule has 2 unspecified atom stereocenters. The van der Waals surface area contributed by atoms with Gasteiger partial charge in [0.05, 0.1) is 5.92 Å². The minimum absolute atomic E-state index is 0.135. The summed E-state index contributed by atoms with van der Waals surface area (Å²) in [6, 6.07) is 2.81. The summed E-state index contributed by atoms with van der Waals surface area (Å²) in [5, 5.41) is 1.49. The molecule has 1 aromatic carbocycles. The molecule has 218 valence electrons. The Hall–Kier alpha value is -2.75. The highest BCUT2D eigenvalue weighted by Gasteiger charge is 2.91. The van der Waals surface area contributed by atoms with Gasteiger partial charge in [0.2, 0.25) is 0 Å². The van der Waals surface area contributed by atoms with Gasteiger partial charge in [-0.25, -0.2) is 4.79 Å². The Labute approximate surface area is 206 Å². The first-order valence-electron chi connectivity index (χ1n) is 10.2. The molecule has 1 amide bonds. The fraction of sp³-hybridized carbons (Fsp3) is 0.619. The molecule has 1 N–H and O–H groups in total. The second-order valence-corrected chi connectivity index (χ2v) is 9.06. The largest absolute Gasteiger partial charge is 0.460 e. The Bertz CT molecular complexity index is 1000. The first-order valence-corrected chi connectivity index (χ1v) is 10.2. The van der Waals surface area contributed by atoms with Crippen LogP contribution in [0.1, 0.15) is 38.1 Å². The highest BCUT2D eigenvalue weighted by molar-refractivity contribution is 5.96. The molecular weight excluding hydrogens is 561 g/mol. The van der Waals surface area contributed by atoms with Crippen LogP contribution in [0.15, 0.2) is 30.3 Å². The summed E-state index contributed by atoms with van der Waals surface area (Å²) in [4.78, 5) is 24.8. The molecular formula is C21H20F13NO3. The zero-order valence-corrected chi connectivity index (χ0v) is 19.7. The number of hydrogen-bond acceptors (Lipinski definition) is 3. The quantitative estimate of drug-likeness (QED) is 0.268. The number of esters is 1.